The molecule has 0 aromatic heterocycles. The summed E-state index contributed by atoms with van der Waals surface area (Å²) in [4.78, 5) is -5.66. The third kappa shape index (κ3) is 1.88. The molecule has 0 aromatic rings. The van der Waals surface area contributed by atoms with Crippen molar-refractivity contribution in [1.82, 2.24) is 0 Å². The van der Waals surface area contributed by atoms with E-state index in [-0.39, 0.29) is 32.0 Å². The van der Waals surface area contributed by atoms with E-state index in [1.165, 1.54) is 28.4 Å². The van der Waals surface area contributed by atoms with Gasteiger partial charge < -0.3 is 18.9 Å². The molecular formula is C19H18Cl8O4. The Labute approximate surface area is 220 Å². The maximum Gasteiger partial charge on any atom is 0.217 e. The van der Waals surface area contributed by atoms with E-state index in [1.54, 1.807) is 0 Å². The van der Waals surface area contributed by atoms with Gasteiger partial charge in [-0.05, 0) is 30.1 Å². The van der Waals surface area contributed by atoms with Crippen LogP contribution in [0.25, 0.3) is 0 Å². The van der Waals surface area contributed by atoms with E-state index in [4.69, 9.17) is 112 Å². The van der Waals surface area contributed by atoms with Crippen LogP contribution < -0.4 is 0 Å². The third-order valence-electron chi connectivity index (χ3n) is 8.43. The maximum atomic E-state index is 7.35. The first-order chi connectivity index (χ1) is 14.3. The van der Waals surface area contributed by atoms with Crippen LogP contribution in [-0.2, 0) is 18.9 Å². The second kappa shape index (κ2) is 6.69. The Hall–Kier alpha value is 1.64. The van der Waals surface area contributed by atoms with E-state index in [9.17, 15) is 0 Å². The first kappa shape index (κ1) is 24.3. The van der Waals surface area contributed by atoms with Crippen LogP contribution in [0.4, 0.5) is 0 Å². The van der Waals surface area contributed by atoms with Gasteiger partial charge in [-0.3, -0.25) is 0 Å². The van der Waals surface area contributed by atoms with Crippen LogP contribution in [0.5, 0.6) is 0 Å². The van der Waals surface area contributed by atoms with Crippen LogP contribution in [-0.4, -0.2) is 59.5 Å². The second-order valence-electron chi connectivity index (χ2n) is 8.65. The number of methoxy groups -OCH3 is 4. The zero-order valence-electron chi connectivity index (χ0n) is 16.7. The van der Waals surface area contributed by atoms with Crippen molar-refractivity contribution in [3.8, 4) is 0 Å². The third-order valence-corrected chi connectivity index (χ3v) is 13.8. The lowest BCUT2D eigenvalue weighted by Crippen LogP contribution is -2.60. The van der Waals surface area contributed by atoms with E-state index in [0.29, 0.717) is 6.42 Å². The van der Waals surface area contributed by atoms with Crippen LogP contribution in [0.2, 0.25) is 0 Å². The molecule has 12 heteroatoms. The normalized spacial score (nSPS) is 53.0. The minimum atomic E-state index is -1.55. The zero-order chi connectivity index (χ0) is 23.2. The molecule has 0 N–H and O–H groups in total. The summed E-state index contributed by atoms with van der Waals surface area (Å²) in [5.74, 6) is -4.79. The minimum absolute atomic E-state index is 0.148. The Balaban J connectivity index is 1.81. The Morgan fingerprint density at radius 3 is 1.06 bits per heavy atom. The quantitative estimate of drug-likeness (QED) is 0.288. The molecule has 0 saturated heterocycles. The van der Waals surface area contributed by atoms with Crippen molar-refractivity contribution in [2.75, 3.05) is 28.4 Å². The van der Waals surface area contributed by atoms with Gasteiger partial charge in [0.25, 0.3) is 0 Å². The van der Waals surface area contributed by atoms with E-state index < -0.39 is 42.9 Å². The number of hydrogen-bond donors (Lipinski definition) is 0. The highest BCUT2D eigenvalue weighted by atomic mass is 35.5. The molecule has 3 fully saturated rings. The van der Waals surface area contributed by atoms with E-state index in [0.717, 1.165) is 0 Å². The van der Waals surface area contributed by atoms with Gasteiger partial charge in [0.05, 0.1) is 20.1 Å². The second-order valence-corrected chi connectivity index (χ2v) is 12.5. The van der Waals surface area contributed by atoms with Gasteiger partial charge in [-0.15, -0.1) is 46.4 Å². The first-order valence-electron chi connectivity index (χ1n) is 9.43. The fraction of sp³-hybridized carbons (Fsp3) is 0.789. The van der Waals surface area contributed by atoms with Crippen LogP contribution in [0.3, 0.4) is 0 Å². The molecule has 0 unspecified atom stereocenters. The molecule has 0 amide bonds. The number of ether oxygens (including phenoxy) is 4. The maximum absolute atomic E-state index is 7.35. The van der Waals surface area contributed by atoms with Crippen molar-refractivity contribution < 1.29 is 18.9 Å². The highest BCUT2D eigenvalue weighted by Gasteiger charge is 2.95. The van der Waals surface area contributed by atoms with Crippen molar-refractivity contribution in [2.45, 2.75) is 37.5 Å². The summed E-state index contributed by atoms with van der Waals surface area (Å²) in [5, 5.41) is 0.667. The summed E-state index contributed by atoms with van der Waals surface area (Å²) in [6.07, 6.45) is 0.439. The number of rotatable bonds is 4. The predicted molar refractivity (Wildman–Crippen MR) is 124 cm³/mol. The summed E-state index contributed by atoms with van der Waals surface area (Å²) >= 11 is 56.0. The van der Waals surface area contributed by atoms with Crippen LogP contribution in [0, 0.1) is 23.7 Å². The monoisotopic (exact) mass is 590 g/mol. The average Bonchev–Trinajstić information content (AvgIpc) is 3.36. The highest BCUT2D eigenvalue weighted by molar-refractivity contribution is 6.53. The van der Waals surface area contributed by atoms with Crippen molar-refractivity contribution in [3.05, 3.63) is 20.1 Å². The lowest BCUT2D eigenvalue weighted by atomic mass is 9.73. The molecule has 5 aliphatic rings. The summed E-state index contributed by atoms with van der Waals surface area (Å²) in [6.45, 7) is 0. The molecular weight excluding hydrogens is 576 g/mol. The smallest absolute Gasteiger partial charge is 0.217 e. The number of fused-ring (bicyclic) bond motifs is 11. The van der Waals surface area contributed by atoms with Gasteiger partial charge in [-0.25, -0.2) is 0 Å². The van der Waals surface area contributed by atoms with Crippen molar-refractivity contribution in [3.63, 3.8) is 0 Å². The van der Waals surface area contributed by atoms with Crippen molar-refractivity contribution in [1.29, 1.82) is 0 Å². The molecule has 0 spiro atoms. The van der Waals surface area contributed by atoms with E-state index >= 15 is 0 Å². The van der Waals surface area contributed by atoms with Gasteiger partial charge in [0.2, 0.25) is 11.6 Å². The number of halogens is 8. The molecule has 0 aromatic carbocycles. The summed E-state index contributed by atoms with van der Waals surface area (Å²) in [6, 6.07) is 0. The Morgan fingerprint density at radius 2 is 0.806 bits per heavy atom. The van der Waals surface area contributed by atoms with Gasteiger partial charge in [0, 0.05) is 28.4 Å². The lowest BCUT2D eigenvalue weighted by Gasteiger charge is -2.46. The molecule has 31 heavy (non-hydrogen) atoms. The summed E-state index contributed by atoms with van der Waals surface area (Å²) in [5.41, 5.74) is 0. The molecule has 4 nitrogen and oxygen atoms in total. The van der Waals surface area contributed by atoms with Gasteiger partial charge >= 0.3 is 0 Å². The molecule has 3 saturated carbocycles. The lowest BCUT2D eigenvalue weighted by molar-refractivity contribution is -0.225. The SMILES string of the molecule is COC1(OC)[C@@]2(Cl)C(Cl)=C(Cl)[C@]1(Cl)[C@@H]1[C@@H]3[C@H](C[C@@H]12)[C@]1(Cl)C(Cl)=C(Cl)[C@@]3(Cl)C1(OC)OC. The molecule has 5 aliphatic carbocycles. The Kier molecular flexibility index (Phi) is 5.25. The van der Waals surface area contributed by atoms with E-state index in [1.807, 2.05) is 0 Å². The topological polar surface area (TPSA) is 36.9 Å². The van der Waals surface area contributed by atoms with Crippen LogP contribution in [0.15, 0.2) is 20.1 Å². The molecule has 4 bridgehead atoms. The fourth-order valence-corrected chi connectivity index (χ4v) is 12.1. The summed E-state index contributed by atoms with van der Waals surface area (Å²) < 4.78 is 23.4. The largest absolute Gasteiger partial charge is 0.350 e. The summed E-state index contributed by atoms with van der Waals surface area (Å²) in [7, 11) is 5.81. The van der Waals surface area contributed by atoms with Crippen LogP contribution >= 0.6 is 92.8 Å². The number of alkyl halides is 4. The Bertz CT molecular complexity index is 873. The van der Waals surface area contributed by atoms with Gasteiger partial charge in [0.1, 0.15) is 19.5 Å². The molecule has 5 rings (SSSR count). The van der Waals surface area contributed by atoms with Crippen molar-refractivity contribution in [2.24, 2.45) is 23.7 Å². The fourth-order valence-electron chi connectivity index (χ4n) is 7.58. The van der Waals surface area contributed by atoms with Gasteiger partial charge in [-0.2, -0.15) is 0 Å². The molecule has 0 heterocycles. The first-order valence-corrected chi connectivity index (χ1v) is 12.5. The molecule has 0 aliphatic heterocycles. The zero-order valence-corrected chi connectivity index (χ0v) is 22.7. The molecule has 0 radical (unpaired) electrons. The minimum Gasteiger partial charge on any atom is -0.350 e. The standard InChI is InChI=1S/C19H18Cl8O4/c1-28-18(29-2)14(24)6-5-7-9(8(6)16(18,26)12(22)10(14)20)17(27)13(23)11(21)15(7,25)19(17,30-3)31-4/h6-9H,5H2,1-4H3/t6-,7-,8-,9-,14-,15-,16+,17+/m0/s1. The van der Waals surface area contributed by atoms with Crippen molar-refractivity contribution >= 4 is 92.8 Å². The number of hydrogen-bond acceptors (Lipinski definition) is 4. The van der Waals surface area contributed by atoms with Gasteiger partial charge in [-0.1, -0.05) is 46.4 Å². The van der Waals surface area contributed by atoms with E-state index in [2.05, 4.69) is 0 Å². The van der Waals surface area contributed by atoms with Gasteiger partial charge in [0.15, 0.2) is 0 Å². The molecule has 8 atom stereocenters. The highest BCUT2D eigenvalue weighted by Crippen LogP contribution is 2.86. The van der Waals surface area contributed by atoms with Crippen LogP contribution in [0.1, 0.15) is 6.42 Å². The average molecular weight is 594 g/mol. The Morgan fingerprint density at radius 1 is 0.548 bits per heavy atom. The molecule has 174 valence electrons. The predicted octanol–water partition coefficient (Wildman–Crippen LogP) is 6.18.